The molecule has 0 aliphatic carbocycles. The molecule has 16 heteroatoms. The third kappa shape index (κ3) is 11.0. The predicted octanol–water partition coefficient (Wildman–Crippen LogP) is -0.832. The molecular formula is C23H34I3N3O10. The van der Waals surface area contributed by atoms with Crippen molar-refractivity contribution in [1.82, 2.24) is 10.6 Å². The number of rotatable bonds is 16. The molecule has 222 valence electrons. The normalized spacial score (nSPS) is 14.3. The molecule has 0 aromatic heterocycles. The highest BCUT2D eigenvalue weighted by atomic mass is 127. The van der Waals surface area contributed by atoms with Gasteiger partial charge in [-0.15, -0.1) is 0 Å². The van der Waals surface area contributed by atoms with Gasteiger partial charge in [-0.1, -0.05) is 0 Å². The molecule has 0 spiro atoms. The Kier molecular flexibility index (Phi) is 17.0. The zero-order chi connectivity index (χ0) is 29.9. The number of carbonyl (C=O) groups is 3. The first kappa shape index (κ1) is 36.6. The molecule has 1 rings (SSSR count). The first-order valence-electron chi connectivity index (χ1n) is 11.8. The van der Waals surface area contributed by atoms with E-state index in [0.29, 0.717) is 12.8 Å². The van der Waals surface area contributed by atoms with Crippen LogP contribution in [0, 0.1) is 10.7 Å². The molecule has 0 fully saturated rings. The van der Waals surface area contributed by atoms with Gasteiger partial charge in [0.1, 0.15) is 0 Å². The van der Waals surface area contributed by atoms with E-state index in [0.717, 1.165) is 0 Å². The van der Waals surface area contributed by atoms with Crippen molar-refractivity contribution in [2.45, 2.75) is 44.2 Å². The van der Waals surface area contributed by atoms with E-state index in [1.165, 1.54) is 18.9 Å². The SMILES string of the molecule is COCCN(C(C)=O)c1c(I)c(C(=O)NCC(O)CC(O)CO)c(I)c(C(=O)NCC(O)CC(O)CO)c1I. The second-order valence-corrected chi connectivity index (χ2v) is 11.8. The summed E-state index contributed by atoms with van der Waals surface area (Å²) >= 11 is 5.68. The minimum atomic E-state index is -1.16. The zero-order valence-corrected chi connectivity index (χ0v) is 27.8. The number of aliphatic hydroxyl groups is 6. The minimum absolute atomic E-state index is 0.0755. The topological polar surface area (TPSA) is 209 Å². The van der Waals surface area contributed by atoms with Crippen LogP contribution in [-0.2, 0) is 9.53 Å². The smallest absolute Gasteiger partial charge is 0.253 e. The van der Waals surface area contributed by atoms with Crippen molar-refractivity contribution in [2.75, 3.05) is 51.5 Å². The molecule has 0 aliphatic rings. The van der Waals surface area contributed by atoms with Crippen molar-refractivity contribution in [3.05, 3.63) is 21.8 Å². The monoisotopic (exact) mass is 893 g/mol. The molecule has 0 heterocycles. The van der Waals surface area contributed by atoms with Crippen LogP contribution >= 0.6 is 67.8 Å². The lowest BCUT2D eigenvalue weighted by Gasteiger charge is -2.27. The molecule has 0 radical (unpaired) electrons. The second kappa shape index (κ2) is 18.2. The number of nitrogens with zero attached hydrogens (tertiary/aromatic N) is 1. The summed E-state index contributed by atoms with van der Waals surface area (Å²) in [4.78, 5) is 40.6. The number of benzene rings is 1. The molecular weight excluding hydrogens is 859 g/mol. The Bertz CT molecular complexity index is 940. The van der Waals surface area contributed by atoms with E-state index in [2.05, 4.69) is 10.6 Å². The number of ether oxygens (including phenoxy) is 1. The van der Waals surface area contributed by atoms with Crippen molar-refractivity contribution in [1.29, 1.82) is 0 Å². The zero-order valence-electron chi connectivity index (χ0n) is 21.4. The fourth-order valence-corrected chi connectivity index (χ4v) is 8.17. The second-order valence-electron chi connectivity index (χ2n) is 8.58. The highest BCUT2D eigenvalue weighted by molar-refractivity contribution is 14.1. The van der Waals surface area contributed by atoms with Crippen LogP contribution in [0.3, 0.4) is 0 Å². The number of hydrogen-bond acceptors (Lipinski definition) is 10. The largest absolute Gasteiger partial charge is 0.394 e. The fraction of sp³-hybridized carbons (Fsp3) is 0.609. The molecule has 4 atom stereocenters. The van der Waals surface area contributed by atoms with Crippen LogP contribution in [0.4, 0.5) is 5.69 Å². The van der Waals surface area contributed by atoms with Gasteiger partial charge in [0.2, 0.25) is 5.91 Å². The number of aliphatic hydroxyl groups excluding tert-OH is 6. The maximum atomic E-state index is 13.3. The summed E-state index contributed by atoms with van der Waals surface area (Å²) < 4.78 is 6.12. The summed E-state index contributed by atoms with van der Waals surface area (Å²) in [5.74, 6) is -1.65. The van der Waals surface area contributed by atoms with Gasteiger partial charge < -0.3 is 50.9 Å². The first-order chi connectivity index (χ1) is 18.3. The van der Waals surface area contributed by atoms with Crippen LogP contribution in [0.1, 0.15) is 40.5 Å². The molecule has 0 saturated carbocycles. The van der Waals surface area contributed by atoms with Crippen molar-refractivity contribution in [2.24, 2.45) is 0 Å². The Labute approximate surface area is 267 Å². The number of nitrogens with one attached hydrogen (secondary N) is 2. The van der Waals surface area contributed by atoms with Gasteiger partial charge in [-0.2, -0.15) is 0 Å². The maximum Gasteiger partial charge on any atom is 0.253 e. The number of amides is 3. The van der Waals surface area contributed by atoms with Crippen LogP contribution < -0.4 is 15.5 Å². The molecule has 1 aromatic carbocycles. The lowest BCUT2D eigenvalue weighted by Crippen LogP contribution is -2.39. The number of carbonyl (C=O) groups excluding carboxylic acids is 3. The van der Waals surface area contributed by atoms with Crippen LogP contribution in [-0.4, -0.2) is 119 Å². The van der Waals surface area contributed by atoms with Crippen LogP contribution in [0.15, 0.2) is 0 Å². The average molecular weight is 893 g/mol. The molecule has 13 nitrogen and oxygen atoms in total. The van der Waals surface area contributed by atoms with E-state index in [1.54, 1.807) is 0 Å². The Hall–Kier alpha value is -0.460. The van der Waals surface area contributed by atoms with E-state index < -0.39 is 49.4 Å². The van der Waals surface area contributed by atoms with E-state index in [9.17, 15) is 34.8 Å². The average Bonchev–Trinajstić information content (AvgIpc) is 2.87. The summed E-state index contributed by atoms with van der Waals surface area (Å²) in [6.07, 6.45) is -4.95. The highest BCUT2D eigenvalue weighted by Crippen LogP contribution is 2.38. The molecule has 3 amide bonds. The van der Waals surface area contributed by atoms with Crippen molar-refractivity contribution in [3.63, 3.8) is 0 Å². The molecule has 0 aliphatic heterocycles. The van der Waals surface area contributed by atoms with Crippen LogP contribution in [0.25, 0.3) is 0 Å². The van der Waals surface area contributed by atoms with Gasteiger partial charge in [-0.05, 0) is 67.8 Å². The van der Waals surface area contributed by atoms with Gasteiger partial charge >= 0.3 is 0 Å². The lowest BCUT2D eigenvalue weighted by molar-refractivity contribution is -0.116. The van der Waals surface area contributed by atoms with Crippen molar-refractivity contribution < 1.29 is 49.8 Å². The number of hydrogen-bond donors (Lipinski definition) is 8. The standard InChI is InChI=1S/C23H34I3N3O10/c1-11(32)29(3-4-39-2)21-19(25)16(22(37)27-7-12(33)5-14(35)9-30)18(24)17(20(21)26)23(38)28-8-13(34)6-15(36)10-31/h12-15,30-31,33-36H,3-10H2,1-2H3,(H,27,37)(H,28,38). The number of anilines is 1. The van der Waals surface area contributed by atoms with Gasteiger partial charge in [-0.25, -0.2) is 0 Å². The van der Waals surface area contributed by atoms with E-state index >= 15 is 0 Å². The first-order valence-corrected chi connectivity index (χ1v) is 15.0. The fourth-order valence-electron chi connectivity index (χ4n) is 3.44. The Morgan fingerprint density at radius 2 is 1.21 bits per heavy atom. The minimum Gasteiger partial charge on any atom is -0.394 e. The Balaban J connectivity index is 3.52. The maximum absolute atomic E-state index is 13.3. The third-order valence-electron chi connectivity index (χ3n) is 5.42. The van der Waals surface area contributed by atoms with Gasteiger partial charge in [0, 0.05) is 50.1 Å². The Morgan fingerprint density at radius 3 is 1.54 bits per heavy atom. The summed E-state index contributed by atoms with van der Waals surface area (Å²) in [5, 5.41) is 62.4. The predicted molar refractivity (Wildman–Crippen MR) is 167 cm³/mol. The van der Waals surface area contributed by atoms with Crippen LogP contribution in [0.2, 0.25) is 0 Å². The summed E-state index contributed by atoms with van der Waals surface area (Å²) in [6, 6.07) is 0. The van der Waals surface area contributed by atoms with Gasteiger partial charge in [0.25, 0.3) is 11.8 Å². The summed E-state index contributed by atoms with van der Waals surface area (Å²) in [7, 11) is 1.47. The van der Waals surface area contributed by atoms with E-state index in [1.807, 2.05) is 67.8 Å². The number of halogens is 3. The van der Waals surface area contributed by atoms with Gasteiger partial charge in [-0.3, -0.25) is 14.4 Å². The highest BCUT2D eigenvalue weighted by Gasteiger charge is 2.31. The number of methoxy groups -OCH3 is 1. The lowest BCUT2D eigenvalue weighted by atomic mass is 10.1. The van der Waals surface area contributed by atoms with Gasteiger partial charge in [0.15, 0.2) is 0 Å². The van der Waals surface area contributed by atoms with Gasteiger partial charge in [0.05, 0.1) is 68.2 Å². The van der Waals surface area contributed by atoms with Crippen LogP contribution in [0.5, 0.6) is 0 Å². The summed E-state index contributed by atoms with van der Waals surface area (Å²) in [6.45, 7) is 0.0703. The molecule has 39 heavy (non-hydrogen) atoms. The molecule has 4 unspecified atom stereocenters. The molecule has 8 N–H and O–H groups in total. The van der Waals surface area contributed by atoms with E-state index in [4.69, 9.17) is 14.9 Å². The Morgan fingerprint density at radius 1 is 0.795 bits per heavy atom. The molecule has 0 bridgehead atoms. The molecule has 0 saturated heterocycles. The van der Waals surface area contributed by atoms with Crippen molar-refractivity contribution >= 4 is 91.2 Å². The van der Waals surface area contributed by atoms with Crippen molar-refractivity contribution in [3.8, 4) is 0 Å². The molecule has 1 aromatic rings. The third-order valence-corrected chi connectivity index (χ3v) is 8.60. The van der Waals surface area contributed by atoms with E-state index in [-0.39, 0.29) is 59.7 Å². The quantitative estimate of drug-likeness (QED) is 0.0967. The summed E-state index contributed by atoms with van der Waals surface area (Å²) in [5.41, 5.74) is 0.460.